The van der Waals surface area contributed by atoms with Crippen LogP contribution in [0.3, 0.4) is 0 Å². The van der Waals surface area contributed by atoms with Crippen molar-refractivity contribution in [2.24, 2.45) is 0 Å². The van der Waals surface area contributed by atoms with E-state index in [0.29, 0.717) is 0 Å². The monoisotopic (exact) mass is 652 g/mol. The molecule has 3 heteroatoms. The van der Waals surface area contributed by atoms with Crippen molar-refractivity contribution in [2.75, 3.05) is 4.90 Å². The van der Waals surface area contributed by atoms with Gasteiger partial charge in [-0.1, -0.05) is 146 Å². The summed E-state index contributed by atoms with van der Waals surface area (Å²) in [5, 5.41) is 4.53. The number of para-hydroxylation sites is 4. The lowest BCUT2D eigenvalue weighted by molar-refractivity contribution is 0.669. The molecular weight excluding hydrogens is 621 g/mol. The smallest absolute Gasteiger partial charge is 0.139 e. The summed E-state index contributed by atoms with van der Waals surface area (Å²) in [4.78, 5) is 2.42. The molecule has 0 bridgehead atoms. The van der Waals surface area contributed by atoms with Crippen molar-refractivity contribution in [1.82, 2.24) is 4.57 Å². The highest BCUT2D eigenvalue weighted by Gasteiger charge is 2.27. The van der Waals surface area contributed by atoms with Crippen molar-refractivity contribution < 1.29 is 4.42 Å². The summed E-state index contributed by atoms with van der Waals surface area (Å²) in [6.45, 7) is 0. The largest absolute Gasteiger partial charge is 0.456 e. The van der Waals surface area contributed by atoms with E-state index in [1.54, 1.807) is 0 Å². The third-order valence-corrected chi connectivity index (χ3v) is 9.96. The van der Waals surface area contributed by atoms with Crippen molar-refractivity contribution in [3.63, 3.8) is 0 Å². The lowest BCUT2D eigenvalue weighted by Crippen LogP contribution is -2.11. The molecule has 3 nitrogen and oxygen atoms in total. The maximum absolute atomic E-state index is 6.76. The van der Waals surface area contributed by atoms with Crippen molar-refractivity contribution in [2.45, 2.75) is 0 Å². The molecule has 0 aliphatic rings. The van der Waals surface area contributed by atoms with Gasteiger partial charge in [0.05, 0.1) is 22.1 Å². The maximum Gasteiger partial charge on any atom is 0.139 e. The first kappa shape index (κ1) is 29.1. The Balaban J connectivity index is 1.39. The second-order valence-electron chi connectivity index (χ2n) is 12.9. The van der Waals surface area contributed by atoms with Crippen molar-refractivity contribution in [3.8, 4) is 27.9 Å². The van der Waals surface area contributed by atoms with Crippen LogP contribution in [0.4, 0.5) is 17.1 Å². The highest BCUT2D eigenvalue weighted by molar-refractivity contribution is 6.29. The first-order chi connectivity index (χ1) is 25.3. The van der Waals surface area contributed by atoms with Gasteiger partial charge in [-0.3, -0.25) is 0 Å². The molecule has 8 aromatic carbocycles. The van der Waals surface area contributed by atoms with Crippen LogP contribution in [0.1, 0.15) is 0 Å². The van der Waals surface area contributed by atoms with Crippen molar-refractivity contribution in [3.05, 3.63) is 194 Å². The third-order valence-electron chi connectivity index (χ3n) is 9.96. The van der Waals surface area contributed by atoms with Gasteiger partial charge in [0.25, 0.3) is 0 Å². The van der Waals surface area contributed by atoms with Gasteiger partial charge >= 0.3 is 0 Å². The summed E-state index contributed by atoms with van der Waals surface area (Å²) < 4.78 is 9.18. The molecule has 10 aromatic rings. The average Bonchev–Trinajstić information content (AvgIpc) is 3.75. The quantitative estimate of drug-likeness (QED) is 0.178. The molecule has 0 radical (unpaired) electrons. The molecule has 10 rings (SSSR count). The Hall–Kier alpha value is -6.84. The SMILES string of the molecule is c1ccc(-c2ccc(N(c3ccccc3)c3c4c(cc5c3c3cccc(-c6ccccc6)c3n5-c3ccccc3)oc3ccccc34)cc2)cc1. The van der Waals surface area contributed by atoms with Crippen LogP contribution in [0.25, 0.3) is 71.7 Å². The van der Waals surface area contributed by atoms with Crippen LogP contribution in [0.5, 0.6) is 0 Å². The van der Waals surface area contributed by atoms with Crippen LogP contribution < -0.4 is 4.90 Å². The normalized spacial score (nSPS) is 11.5. The lowest BCUT2D eigenvalue weighted by atomic mass is 9.99. The number of aromatic nitrogens is 1. The summed E-state index contributed by atoms with van der Waals surface area (Å²) in [6, 6.07) is 69.0. The first-order valence-electron chi connectivity index (χ1n) is 17.4. The fourth-order valence-electron chi connectivity index (χ4n) is 7.74. The van der Waals surface area contributed by atoms with Gasteiger partial charge in [-0.25, -0.2) is 0 Å². The number of hydrogen-bond acceptors (Lipinski definition) is 2. The molecule has 0 saturated carbocycles. The van der Waals surface area contributed by atoms with E-state index >= 15 is 0 Å². The third kappa shape index (κ3) is 4.74. The van der Waals surface area contributed by atoms with Crippen molar-refractivity contribution in [1.29, 1.82) is 0 Å². The minimum Gasteiger partial charge on any atom is -0.456 e. The Bertz CT molecular complexity index is 2820. The number of anilines is 3. The van der Waals surface area contributed by atoms with E-state index in [0.717, 1.165) is 55.7 Å². The second-order valence-corrected chi connectivity index (χ2v) is 12.9. The Labute approximate surface area is 295 Å². The maximum atomic E-state index is 6.76. The van der Waals surface area contributed by atoms with Crippen molar-refractivity contribution >= 4 is 60.8 Å². The summed E-state index contributed by atoms with van der Waals surface area (Å²) in [5.41, 5.74) is 13.0. The fourth-order valence-corrected chi connectivity index (χ4v) is 7.74. The van der Waals surface area contributed by atoms with Gasteiger partial charge in [0.1, 0.15) is 11.2 Å². The molecule has 51 heavy (non-hydrogen) atoms. The summed E-state index contributed by atoms with van der Waals surface area (Å²) >= 11 is 0. The van der Waals surface area contributed by atoms with E-state index in [1.807, 2.05) is 6.07 Å². The molecule has 0 fully saturated rings. The van der Waals surface area contributed by atoms with Gasteiger partial charge < -0.3 is 13.9 Å². The summed E-state index contributed by atoms with van der Waals surface area (Å²) in [6.07, 6.45) is 0. The van der Waals surface area contributed by atoms with Gasteiger partial charge in [0, 0.05) is 44.9 Å². The van der Waals surface area contributed by atoms with E-state index in [2.05, 4.69) is 198 Å². The molecular formula is C48H32N2O. The fraction of sp³-hybridized carbons (Fsp3) is 0. The number of nitrogens with zero attached hydrogens (tertiary/aromatic N) is 2. The first-order valence-corrected chi connectivity index (χ1v) is 17.4. The molecule has 0 spiro atoms. The van der Waals surface area contributed by atoms with Gasteiger partial charge in [-0.2, -0.15) is 0 Å². The molecule has 0 N–H and O–H groups in total. The van der Waals surface area contributed by atoms with Crippen LogP contribution in [0, 0.1) is 0 Å². The minimum atomic E-state index is 0.849. The van der Waals surface area contributed by atoms with Crippen LogP contribution in [-0.2, 0) is 0 Å². The molecule has 2 aromatic heterocycles. The molecule has 0 saturated heterocycles. The molecule has 0 amide bonds. The van der Waals surface area contributed by atoms with E-state index in [1.165, 1.54) is 33.0 Å². The Morgan fingerprint density at radius 1 is 0.412 bits per heavy atom. The zero-order valence-electron chi connectivity index (χ0n) is 27.8. The molecule has 240 valence electrons. The highest BCUT2D eigenvalue weighted by atomic mass is 16.3. The number of benzene rings is 8. The predicted molar refractivity (Wildman–Crippen MR) is 214 cm³/mol. The summed E-state index contributed by atoms with van der Waals surface area (Å²) in [5.74, 6) is 0. The number of hydrogen-bond donors (Lipinski definition) is 0. The number of fused-ring (bicyclic) bond motifs is 6. The molecule has 0 aliphatic carbocycles. The molecule has 0 unspecified atom stereocenters. The van der Waals surface area contributed by atoms with Crippen LogP contribution in [-0.4, -0.2) is 4.57 Å². The van der Waals surface area contributed by atoms with Crippen LogP contribution in [0.2, 0.25) is 0 Å². The predicted octanol–water partition coefficient (Wildman–Crippen LogP) is 13.5. The zero-order chi connectivity index (χ0) is 33.7. The van der Waals surface area contributed by atoms with E-state index < -0.39 is 0 Å². The Morgan fingerprint density at radius 3 is 1.71 bits per heavy atom. The highest BCUT2D eigenvalue weighted by Crippen LogP contribution is 2.51. The molecule has 2 heterocycles. The van der Waals surface area contributed by atoms with Gasteiger partial charge in [-0.15, -0.1) is 0 Å². The number of rotatable bonds is 6. The topological polar surface area (TPSA) is 21.3 Å². The van der Waals surface area contributed by atoms with E-state index in [4.69, 9.17) is 4.42 Å². The average molecular weight is 653 g/mol. The van der Waals surface area contributed by atoms with Gasteiger partial charge in [0.15, 0.2) is 0 Å². The number of furan rings is 1. The molecule has 0 atom stereocenters. The van der Waals surface area contributed by atoms with E-state index in [-0.39, 0.29) is 0 Å². The Morgan fingerprint density at radius 2 is 0.980 bits per heavy atom. The second kappa shape index (κ2) is 11.9. The Kier molecular flexibility index (Phi) is 6.81. The lowest BCUT2D eigenvalue weighted by Gasteiger charge is -2.27. The summed E-state index contributed by atoms with van der Waals surface area (Å²) in [7, 11) is 0. The molecule has 0 aliphatic heterocycles. The van der Waals surface area contributed by atoms with E-state index in [9.17, 15) is 0 Å². The standard InChI is InChI=1S/C48H32N2O/c1-5-16-33(17-6-1)34-28-30-38(31-29-34)49(36-20-9-3-10-21-36)48-45-41-26-15-25-39(35-18-7-2-8-19-35)47(41)50(37-22-11-4-12-23-37)42(45)32-44-46(48)40-24-13-14-27-43(40)51-44/h1-32H. The zero-order valence-corrected chi connectivity index (χ0v) is 27.8. The minimum absolute atomic E-state index is 0.849. The van der Waals surface area contributed by atoms with Gasteiger partial charge in [-0.05, 0) is 59.2 Å². The van der Waals surface area contributed by atoms with Gasteiger partial charge in [0.2, 0.25) is 0 Å². The van der Waals surface area contributed by atoms with Crippen LogP contribution >= 0.6 is 0 Å². The van der Waals surface area contributed by atoms with Crippen LogP contribution in [0.15, 0.2) is 199 Å².